The third kappa shape index (κ3) is 2.64. The largest absolute Gasteiger partial charge is 0.240 e. The van der Waals surface area contributed by atoms with Crippen LogP contribution < -0.4 is 5.14 Å². The second-order valence-corrected chi connectivity index (χ2v) is 6.57. The highest BCUT2D eigenvalue weighted by Gasteiger charge is 2.19. The molecule has 0 spiro atoms. The molecule has 0 fully saturated rings. The van der Waals surface area contributed by atoms with Gasteiger partial charge >= 0.3 is 0 Å². The zero-order valence-electron chi connectivity index (χ0n) is 11.3. The molecular weight excluding hydrogens is 322 g/mol. The van der Waals surface area contributed by atoms with Gasteiger partial charge in [-0.3, -0.25) is 0 Å². The number of benzene rings is 2. The molecule has 1 heterocycles. The van der Waals surface area contributed by atoms with E-state index in [2.05, 4.69) is 5.10 Å². The van der Waals surface area contributed by atoms with Gasteiger partial charge in [0.25, 0.3) is 0 Å². The lowest BCUT2D eigenvalue weighted by Crippen LogP contribution is -2.16. The Balaban J connectivity index is 2.29. The average Bonchev–Trinajstić information content (AvgIpc) is 2.89. The fourth-order valence-electron chi connectivity index (χ4n) is 2.24. The molecule has 7 heteroatoms. The lowest BCUT2D eigenvalue weighted by molar-refractivity contribution is 0.596. The van der Waals surface area contributed by atoms with E-state index >= 15 is 0 Å². The molecule has 22 heavy (non-hydrogen) atoms. The molecule has 2 aromatic carbocycles. The number of rotatable bonds is 3. The number of halogens is 1. The van der Waals surface area contributed by atoms with Crippen LogP contribution in [0.5, 0.6) is 0 Å². The van der Waals surface area contributed by atoms with Gasteiger partial charge in [-0.2, -0.15) is 5.10 Å². The van der Waals surface area contributed by atoms with Crippen molar-refractivity contribution in [2.24, 2.45) is 5.14 Å². The molecule has 5 nitrogen and oxygen atoms in total. The molecule has 112 valence electrons. The molecule has 0 aliphatic rings. The maximum absolute atomic E-state index is 11.8. The molecule has 0 amide bonds. The van der Waals surface area contributed by atoms with Crippen LogP contribution in [0.1, 0.15) is 0 Å². The summed E-state index contributed by atoms with van der Waals surface area (Å²) < 4.78 is 25.1. The summed E-state index contributed by atoms with van der Waals surface area (Å²) in [7, 11) is -3.88. The van der Waals surface area contributed by atoms with E-state index in [0.717, 1.165) is 5.56 Å². The topological polar surface area (TPSA) is 78.0 Å². The monoisotopic (exact) mass is 333 g/mol. The zero-order chi connectivity index (χ0) is 15.7. The van der Waals surface area contributed by atoms with Crippen LogP contribution in [0.2, 0.25) is 5.02 Å². The Morgan fingerprint density at radius 3 is 2.32 bits per heavy atom. The molecule has 0 bridgehead atoms. The fraction of sp³-hybridized carbons (Fsp3) is 0. The smallest absolute Gasteiger partial charge is 0.230 e. The summed E-state index contributed by atoms with van der Waals surface area (Å²) >= 11 is 6.23. The van der Waals surface area contributed by atoms with Crippen molar-refractivity contribution >= 4 is 21.6 Å². The van der Waals surface area contributed by atoms with Gasteiger partial charge in [0.2, 0.25) is 10.0 Å². The van der Waals surface area contributed by atoms with Gasteiger partial charge in [0.05, 0.1) is 22.6 Å². The molecule has 3 aromatic rings. The minimum atomic E-state index is -3.88. The summed E-state index contributed by atoms with van der Waals surface area (Å²) in [6.45, 7) is 0. The van der Waals surface area contributed by atoms with Crippen LogP contribution in [-0.2, 0) is 10.0 Å². The second kappa shape index (κ2) is 5.57. The first-order chi connectivity index (χ1) is 10.5. The summed E-state index contributed by atoms with van der Waals surface area (Å²) in [4.78, 5) is -0.00746. The molecule has 0 radical (unpaired) electrons. The molecule has 0 unspecified atom stereocenters. The molecule has 1 aromatic heterocycles. The summed E-state index contributed by atoms with van der Waals surface area (Å²) in [6, 6.07) is 15.8. The summed E-state index contributed by atoms with van der Waals surface area (Å²) in [5, 5.41) is 9.92. The molecule has 0 saturated carbocycles. The van der Waals surface area contributed by atoms with Gasteiger partial charge in [-0.05, 0) is 12.1 Å². The first-order valence-corrected chi connectivity index (χ1v) is 8.32. The van der Waals surface area contributed by atoms with Gasteiger partial charge in [-0.1, -0.05) is 54.1 Å². The highest BCUT2D eigenvalue weighted by atomic mass is 35.5. The van der Waals surface area contributed by atoms with Crippen molar-refractivity contribution in [2.45, 2.75) is 4.90 Å². The number of hydrogen-bond donors (Lipinski definition) is 1. The summed E-state index contributed by atoms with van der Waals surface area (Å²) in [5.74, 6) is 0. The molecular formula is C15H12ClN3O2S. The maximum atomic E-state index is 11.8. The van der Waals surface area contributed by atoms with Crippen LogP contribution in [0.4, 0.5) is 0 Å². The maximum Gasteiger partial charge on any atom is 0.240 e. The SMILES string of the molecule is NS(=O)(=O)c1ccccc1-n1ncc(Cl)c1-c1ccccc1. The Hall–Kier alpha value is -2.15. The molecule has 0 aliphatic carbocycles. The zero-order valence-corrected chi connectivity index (χ0v) is 12.9. The summed E-state index contributed by atoms with van der Waals surface area (Å²) in [5.41, 5.74) is 1.79. The van der Waals surface area contributed by atoms with E-state index in [4.69, 9.17) is 16.7 Å². The predicted molar refractivity (Wildman–Crippen MR) is 85.4 cm³/mol. The minimum Gasteiger partial charge on any atom is -0.230 e. The van der Waals surface area contributed by atoms with Crippen molar-refractivity contribution < 1.29 is 8.42 Å². The third-order valence-corrected chi connectivity index (χ3v) is 4.41. The van der Waals surface area contributed by atoms with Gasteiger partial charge in [-0.25, -0.2) is 18.2 Å². The number of primary sulfonamides is 1. The molecule has 3 rings (SSSR count). The van der Waals surface area contributed by atoms with E-state index in [1.165, 1.54) is 16.9 Å². The molecule has 0 saturated heterocycles. The van der Waals surface area contributed by atoms with Crippen molar-refractivity contribution in [2.75, 3.05) is 0 Å². The predicted octanol–water partition coefficient (Wildman–Crippen LogP) is 2.84. The second-order valence-electron chi connectivity index (χ2n) is 4.63. The minimum absolute atomic E-state index is 0.00746. The highest BCUT2D eigenvalue weighted by Crippen LogP contribution is 2.31. The van der Waals surface area contributed by atoms with Gasteiger partial charge in [0, 0.05) is 5.56 Å². The van der Waals surface area contributed by atoms with E-state index in [0.29, 0.717) is 16.4 Å². The van der Waals surface area contributed by atoms with E-state index < -0.39 is 10.0 Å². The Labute approximate surface area is 133 Å². The lowest BCUT2D eigenvalue weighted by atomic mass is 10.1. The Morgan fingerprint density at radius 2 is 1.64 bits per heavy atom. The van der Waals surface area contributed by atoms with E-state index in [-0.39, 0.29) is 4.90 Å². The standard InChI is InChI=1S/C15H12ClN3O2S/c16-12-10-18-19(15(12)11-6-2-1-3-7-11)13-8-4-5-9-14(13)22(17,20)21/h1-10H,(H2,17,20,21). The van der Waals surface area contributed by atoms with Crippen molar-refractivity contribution in [3.05, 3.63) is 65.8 Å². The van der Waals surface area contributed by atoms with Crippen molar-refractivity contribution in [1.29, 1.82) is 0 Å². The highest BCUT2D eigenvalue weighted by molar-refractivity contribution is 7.89. The van der Waals surface area contributed by atoms with Crippen LogP contribution >= 0.6 is 11.6 Å². The fourth-order valence-corrected chi connectivity index (χ4v) is 3.19. The molecule has 2 N–H and O–H groups in total. The number of nitrogens with zero attached hydrogens (tertiary/aromatic N) is 2. The Bertz CT molecular complexity index is 921. The number of nitrogens with two attached hydrogens (primary N) is 1. The van der Waals surface area contributed by atoms with Crippen molar-refractivity contribution in [3.8, 4) is 16.9 Å². The van der Waals surface area contributed by atoms with Crippen LogP contribution in [0.15, 0.2) is 65.7 Å². The van der Waals surface area contributed by atoms with E-state index in [1.807, 2.05) is 30.3 Å². The van der Waals surface area contributed by atoms with E-state index in [1.54, 1.807) is 18.2 Å². The van der Waals surface area contributed by atoms with Gasteiger partial charge in [0.1, 0.15) is 4.90 Å². The van der Waals surface area contributed by atoms with Gasteiger partial charge in [0.15, 0.2) is 0 Å². The van der Waals surface area contributed by atoms with Crippen LogP contribution in [-0.4, -0.2) is 18.2 Å². The lowest BCUT2D eigenvalue weighted by Gasteiger charge is -2.11. The number of aromatic nitrogens is 2. The first kappa shape index (κ1) is 14.8. The number of para-hydroxylation sites is 1. The first-order valence-electron chi connectivity index (χ1n) is 6.39. The Morgan fingerprint density at radius 1 is 1.00 bits per heavy atom. The van der Waals surface area contributed by atoms with Crippen molar-refractivity contribution in [1.82, 2.24) is 9.78 Å². The quantitative estimate of drug-likeness (QED) is 0.800. The Kier molecular flexibility index (Phi) is 3.74. The number of sulfonamides is 1. The molecule has 0 atom stereocenters. The third-order valence-electron chi connectivity index (χ3n) is 3.17. The van der Waals surface area contributed by atoms with E-state index in [9.17, 15) is 8.42 Å². The number of hydrogen-bond acceptors (Lipinski definition) is 3. The van der Waals surface area contributed by atoms with Crippen molar-refractivity contribution in [3.63, 3.8) is 0 Å². The normalized spacial score (nSPS) is 11.5. The molecule has 0 aliphatic heterocycles. The van der Waals surface area contributed by atoms with Gasteiger partial charge < -0.3 is 0 Å². The van der Waals surface area contributed by atoms with Gasteiger partial charge in [-0.15, -0.1) is 0 Å². The summed E-state index contributed by atoms with van der Waals surface area (Å²) in [6.07, 6.45) is 1.48. The van der Waals surface area contributed by atoms with Crippen LogP contribution in [0.3, 0.4) is 0 Å². The van der Waals surface area contributed by atoms with Crippen LogP contribution in [0, 0.1) is 0 Å². The van der Waals surface area contributed by atoms with Crippen LogP contribution in [0.25, 0.3) is 16.9 Å². The average molecular weight is 334 g/mol.